The van der Waals surface area contributed by atoms with Crippen LogP contribution in [0.5, 0.6) is 0 Å². The number of halogens is 2. The molecule has 1 aromatic carbocycles. The first kappa shape index (κ1) is 12.1. The monoisotopic (exact) mass is 279 g/mol. The fourth-order valence-electron chi connectivity index (χ4n) is 2.08. The third-order valence-electron chi connectivity index (χ3n) is 3.01. The molecule has 2 heterocycles. The van der Waals surface area contributed by atoms with Crippen molar-refractivity contribution in [1.29, 1.82) is 0 Å². The molecule has 0 bridgehead atoms. The van der Waals surface area contributed by atoms with Crippen LogP contribution in [0.25, 0.3) is 11.0 Å². The first-order chi connectivity index (χ1) is 9.15. The lowest BCUT2D eigenvalue weighted by atomic mass is 10.2. The van der Waals surface area contributed by atoms with E-state index >= 15 is 0 Å². The fourth-order valence-corrected chi connectivity index (χ4v) is 2.78. The zero-order valence-electron chi connectivity index (χ0n) is 9.94. The molecule has 0 spiro atoms. The Morgan fingerprint density at radius 1 is 1.32 bits per heavy atom. The van der Waals surface area contributed by atoms with Crippen LogP contribution >= 0.6 is 11.3 Å². The number of benzene rings is 1. The van der Waals surface area contributed by atoms with E-state index in [1.54, 1.807) is 15.9 Å². The zero-order chi connectivity index (χ0) is 13.4. The molecule has 0 aliphatic heterocycles. The molecule has 0 atom stereocenters. The second-order valence-electron chi connectivity index (χ2n) is 4.26. The maximum Gasteiger partial charge on any atom is 0.201 e. The van der Waals surface area contributed by atoms with Gasteiger partial charge in [-0.1, -0.05) is 0 Å². The van der Waals surface area contributed by atoms with Crippen molar-refractivity contribution < 1.29 is 8.78 Å². The number of nitrogens with two attached hydrogens (primary N) is 1. The lowest BCUT2D eigenvalue weighted by Gasteiger charge is -2.05. The molecule has 19 heavy (non-hydrogen) atoms. The van der Waals surface area contributed by atoms with E-state index in [0.29, 0.717) is 12.1 Å². The quantitative estimate of drug-likeness (QED) is 0.800. The number of aryl methyl sites for hydroxylation is 2. The summed E-state index contributed by atoms with van der Waals surface area (Å²) in [5.41, 5.74) is 7.46. The third kappa shape index (κ3) is 2.19. The Labute approximate surface area is 112 Å². The molecule has 0 unspecified atom stereocenters. The minimum atomic E-state index is -0.684. The van der Waals surface area contributed by atoms with Crippen molar-refractivity contribution in [3.63, 3.8) is 0 Å². The van der Waals surface area contributed by atoms with Crippen LogP contribution in [-0.2, 0) is 13.0 Å². The average Bonchev–Trinajstić information content (AvgIpc) is 2.95. The number of imidazole rings is 1. The Balaban J connectivity index is 2.00. The summed E-state index contributed by atoms with van der Waals surface area (Å²) in [6.07, 6.45) is 0.747. The minimum absolute atomic E-state index is 0.115. The van der Waals surface area contributed by atoms with Gasteiger partial charge in [0.1, 0.15) is 11.3 Å². The first-order valence-electron chi connectivity index (χ1n) is 5.77. The van der Waals surface area contributed by atoms with Crippen molar-refractivity contribution in [2.24, 2.45) is 0 Å². The Morgan fingerprint density at radius 3 is 2.89 bits per heavy atom. The molecule has 3 nitrogen and oxygen atoms in total. The van der Waals surface area contributed by atoms with Gasteiger partial charge in [0, 0.05) is 18.7 Å². The Morgan fingerprint density at radius 2 is 2.16 bits per heavy atom. The number of fused-ring (bicyclic) bond motifs is 1. The highest BCUT2D eigenvalue weighted by Crippen LogP contribution is 2.22. The number of thiophene rings is 1. The van der Waals surface area contributed by atoms with Gasteiger partial charge in [0.25, 0.3) is 0 Å². The van der Waals surface area contributed by atoms with Gasteiger partial charge < -0.3 is 10.3 Å². The standard InChI is InChI=1S/C13H11F2N3S/c14-9-5-10(15)12-11(6-9)18(13(16)17-12)3-1-8-2-4-19-7-8/h2,4-7H,1,3H2,(H2,16,17). The van der Waals surface area contributed by atoms with Gasteiger partial charge in [-0.05, 0) is 28.8 Å². The van der Waals surface area contributed by atoms with Crippen LogP contribution in [0.1, 0.15) is 5.56 Å². The predicted octanol–water partition coefficient (Wildman–Crippen LogP) is 3.20. The zero-order valence-corrected chi connectivity index (χ0v) is 10.8. The van der Waals surface area contributed by atoms with Crippen molar-refractivity contribution in [2.45, 2.75) is 13.0 Å². The van der Waals surface area contributed by atoms with Crippen molar-refractivity contribution in [1.82, 2.24) is 9.55 Å². The van der Waals surface area contributed by atoms with Gasteiger partial charge in [0.2, 0.25) is 5.95 Å². The van der Waals surface area contributed by atoms with E-state index in [4.69, 9.17) is 5.73 Å². The molecular weight excluding hydrogens is 268 g/mol. The van der Waals surface area contributed by atoms with Gasteiger partial charge in [-0.25, -0.2) is 13.8 Å². The molecule has 0 aliphatic rings. The van der Waals surface area contributed by atoms with Crippen molar-refractivity contribution in [3.8, 4) is 0 Å². The summed E-state index contributed by atoms with van der Waals surface area (Å²) < 4.78 is 28.5. The van der Waals surface area contributed by atoms with Crippen LogP contribution in [0.2, 0.25) is 0 Å². The molecule has 0 amide bonds. The number of anilines is 1. The molecule has 6 heteroatoms. The summed E-state index contributed by atoms with van der Waals surface area (Å²) >= 11 is 1.61. The predicted molar refractivity (Wildman–Crippen MR) is 72.1 cm³/mol. The summed E-state index contributed by atoms with van der Waals surface area (Å²) in [4.78, 5) is 3.96. The molecule has 2 N–H and O–H groups in total. The van der Waals surface area contributed by atoms with Gasteiger partial charge in [0.05, 0.1) is 5.52 Å². The second-order valence-corrected chi connectivity index (χ2v) is 5.04. The molecule has 2 aromatic heterocycles. The Bertz CT molecular complexity index is 719. The number of nitrogens with zero attached hydrogens (tertiary/aromatic N) is 2. The molecule has 3 rings (SSSR count). The average molecular weight is 279 g/mol. The highest BCUT2D eigenvalue weighted by atomic mass is 32.1. The molecule has 98 valence electrons. The smallest absolute Gasteiger partial charge is 0.201 e. The van der Waals surface area contributed by atoms with Gasteiger partial charge >= 0.3 is 0 Å². The van der Waals surface area contributed by atoms with Crippen LogP contribution in [0.15, 0.2) is 29.0 Å². The summed E-state index contributed by atoms with van der Waals surface area (Å²) in [5, 5.41) is 4.03. The molecule has 3 aromatic rings. The number of hydrogen-bond acceptors (Lipinski definition) is 3. The summed E-state index contributed by atoms with van der Waals surface area (Å²) in [5.74, 6) is -1.10. The maximum absolute atomic E-state index is 13.6. The molecule has 0 saturated carbocycles. The number of nitrogen functional groups attached to an aromatic ring is 1. The van der Waals surface area contributed by atoms with E-state index in [9.17, 15) is 8.78 Å². The normalized spacial score (nSPS) is 11.3. The van der Waals surface area contributed by atoms with Gasteiger partial charge in [-0.3, -0.25) is 0 Å². The van der Waals surface area contributed by atoms with Crippen LogP contribution in [-0.4, -0.2) is 9.55 Å². The van der Waals surface area contributed by atoms with E-state index in [1.807, 2.05) is 16.8 Å². The van der Waals surface area contributed by atoms with E-state index in [0.717, 1.165) is 12.5 Å². The number of aromatic nitrogens is 2. The van der Waals surface area contributed by atoms with Crippen LogP contribution < -0.4 is 5.73 Å². The number of rotatable bonds is 3. The van der Waals surface area contributed by atoms with Gasteiger partial charge in [0.15, 0.2) is 5.82 Å². The Kier molecular flexibility index (Phi) is 2.94. The molecular formula is C13H11F2N3S. The third-order valence-corrected chi connectivity index (χ3v) is 3.74. The van der Waals surface area contributed by atoms with Crippen LogP contribution in [0.4, 0.5) is 14.7 Å². The van der Waals surface area contributed by atoms with Crippen LogP contribution in [0.3, 0.4) is 0 Å². The van der Waals surface area contributed by atoms with E-state index in [2.05, 4.69) is 4.98 Å². The van der Waals surface area contributed by atoms with Crippen LogP contribution in [0, 0.1) is 11.6 Å². The largest absolute Gasteiger partial charge is 0.369 e. The summed E-state index contributed by atoms with van der Waals surface area (Å²) in [6, 6.07) is 4.09. The van der Waals surface area contributed by atoms with Crippen molar-refractivity contribution in [3.05, 3.63) is 46.2 Å². The summed E-state index contributed by atoms with van der Waals surface area (Å²) in [7, 11) is 0. The highest BCUT2D eigenvalue weighted by molar-refractivity contribution is 7.07. The van der Waals surface area contributed by atoms with Gasteiger partial charge in [-0.2, -0.15) is 11.3 Å². The highest BCUT2D eigenvalue weighted by Gasteiger charge is 2.13. The number of hydrogen-bond donors (Lipinski definition) is 1. The minimum Gasteiger partial charge on any atom is -0.369 e. The summed E-state index contributed by atoms with van der Waals surface area (Å²) in [6.45, 7) is 0.544. The Hall–Kier alpha value is -1.95. The fraction of sp³-hybridized carbons (Fsp3) is 0.154. The second kappa shape index (κ2) is 4.62. The van der Waals surface area contributed by atoms with E-state index < -0.39 is 11.6 Å². The lowest BCUT2D eigenvalue weighted by molar-refractivity contribution is 0.589. The topological polar surface area (TPSA) is 43.8 Å². The first-order valence-corrected chi connectivity index (χ1v) is 6.71. The lowest BCUT2D eigenvalue weighted by Crippen LogP contribution is -2.05. The molecule has 0 saturated heterocycles. The van der Waals surface area contributed by atoms with Crippen molar-refractivity contribution in [2.75, 3.05) is 5.73 Å². The van der Waals surface area contributed by atoms with Gasteiger partial charge in [-0.15, -0.1) is 0 Å². The maximum atomic E-state index is 13.6. The van der Waals surface area contributed by atoms with E-state index in [-0.39, 0.29) is 11.5 Å². The molecule has 0 aliphatic carbocycles. The molecule has 0 fully saturated rings. The SMILES string of the molecule is Nc1nc2c(F)cc(F)cc2n1CCc1ccsc1. The molecule has 0 radical (unpaired) electrons. The van der Waals surface area contributed by atoms with Crippen molar-refractivity contribution >= 4 is 28.3 Å². The van der Waals surface area contributed by atoms with E-state index in [1.165, 1.54) is 11.6 Å².